The second-order valence-corrected chi connectivity index (χ2v) is 5.52. The van der Waals surface area contributed by atoms with E-state index in [9.17, 15) is 9.18 Å². The van der Waals surface area contributed by atoms with E-state index >= 15 is 0 Å². The molecule has 1 heterocycles. The lowest BCUT2D eigenvalue weighted by atomic mass is 9.92. The molecule has 1 atom stereocenters. The van der Waals surface area contributed by atoms with Gasteiger partial charge in [0.15, 0.2) is 0 Å². The van der Waals surface area contributed by atoms with Crippen LogP contribution >= 0.6 is 0 Å². The Morgan fingerprint density at radius 3 is 3.10 bits per heavy atom. The molecule has 1 aliphatic rings. The molecule has 21 heavy (non-hydrogen) atoms. The Labute approximate surface area is 123 Å². The first-order chi connectivity index (χ1) is 10.1. The third-order valence-electron chi connectivity index (χ3n) is 4.12. The van der Waals surface area contributed by atoms with E-state index < -0.39 is 5.82 Å². The van der Waals surface area contributed by atoms with Gasteiger partial charge in [-0.25, -0.2) is 4.39 Å². The predicted octanol–water partition coefficient (Wildman–Crippen LogP) is 2.68. The minimum Gasteiger partial charge on any atom is -0.345 e. The van der Waals surface area contributed by atoms with Crippen LogP contribution in [0.25, 0.3) is 0 Å². The van der Waals surface area contributed by atoms with E-state index in [-0.39, 0.29) is 17.5 Å². The summed E-state index contributed by atoms with van der Waals surface area (Å²) in [5.41, 5.74) is 2.78. The number of nitrogens with zero attached hydrogens (tertiary/aromatic N) is 2. The highest BCUT2D eigenvalue weighted by Gasteiger charge is 2.26. The maximum atomic E-state index is 14.0. The van der Waals surface area contributed by atoms with E-state index in [1.807, 2.05) is 11.7 Å². The molecule has 1 N–H and O–H groups in total. The van der Waals surface area contributed by atoms with Gasteiger partial charge in [0.1, 0.15) is 5.82 Å². The lowest BCUT2D eigenvalue weighted by Gasteiger charge is -2.24. The zero-order chi connectivity index (χ0) is 15.0. The molecule has 0 saturated heterocycles. The van der Waals surface area contributed by atoms with Crippen molar-refractivity contribution in [3.8, 4) is 0 Å². The number of benzene rings is 1. The Balaban J connectivity index is 1.84. The highest BCUT2D eigenvalue weighted by Crippen LogP contribution is 2.29. The smallest absolute Gasteiger partial charge is 0.254 e. The van der Waals surface area contributed by atoms with Crippen molar-refractivity contribution in [2.45, 2.75) is 32.2 Å². The molecule has 1 aromatic heterocycles. The highest BCUT2D eigenvalue weighted by atomic mass is 19.1. The van der Waals surface area contributed by atoms with E-state index in [4.69, 9.17) is 0 Å². The maximum Gasteiger partial charge on any atom is 0.254 e. The quantitative estimate of drug-likeness (QED) is 0.923. The van der Waals surface area contributed by atoms with Gasteiger partial charge in [-0.1, -0.05) is 12.1 Å². The monoisotopic (exact) mass is 287 g/mol. The minimum atomic E-state index is -0.447. The number of aryl methyl sites for hydroxylation is 2. The molecule has 0 fully saturated rings. The van der Waals surface area contributed by atoms with E-state index in [1.165, 1.54) is 6.07 Å². The van der Waals surface area contributed by atoms with Crippen molar-refractivity contribution in [3.63, 3.8) is 0 Å². The second kappa shape index (κ2) is 5.31. The van der Waals surface area contributed by atoms with Gasteiger partial charge >= 0.3 is 0 Å². The van der Waals surface area contributed by atoms with Gasteiger partial charge in [-0.15, -0.1) is 0 Å². The largest absolute Gasteiger partial charge is 0.345 e. The van der Waals surface area contributed by atoms with Crippen LogP contribution in [0.15, 0.2) is 24.4 Å². The van der Waals surface area contributed by atoms with Crippen LogP contribution in [0.4, 0.5) is 4.39 Å². The number of rotatable bonds is 2. The Morgan fingerprint density at radius 2 is 2.29 bits per heavy atom. The van der Waals surface area contributed by atoms with Gasteiger partial charge in [-0.05, 0) is 37.8 Å². The molecular formula is C16H18FN3O. The molecule has 0 bridgehead atoms. The fourth-order valence-corrected chi connectivity index (χ4v) is 2.91. The lowest BCUT2D eigenvalue weighted by molar-refractivity contribution is 0.0928. The summed E-state index contributed by atoms with van der Waals surface area (Å²) < 4.78 is 15.9. The standard InChI is InChI=1S/C16H18FN3O/c1-10-5-3-6-11(15(10)17)16(21)19-13-7-4-8-14-12(13)9-18-20(14)2/h3,5-6,9,13H,4,7-8H2,1-2H3,(H,19,21). The van der Waals surface area contributed by atoms with E-state index in [0.717, 1.165) is 30.5 Å². The average Bonchev–Trinajstić information content (AvgIpc) is 2.85. The number of carbonyl (C=O) groups excluding carboxylic acids is 1. The predicted molar refractivity (Wildman–Crippen MR) is 77.5 cm³/mol. The molecule has 0 aliphatic heterocycles. The summed E-state index contributed by atoms with van der Waals surface area (Å²) in [5.74, 6) is -0.810. The van der Waals surface area contributed by atoms with Crippen molar-refractivity contribution < 1.29 is 9.18 Å². The van der Waals surface area contributed by atoms with Gasteiger partial charge in [0.05, 0.1) is 17.8 Å². The molecule has 3 rings (SSSR count). The summed E-state index contributed by atoms with van der Waals surface area (Å²) in [7, 11) is 1.91. The number of nitrogens with one attached hydrogen (secondary N) is 1. The summed E-state index contributed by atoms with van der Waals surface area (Å²) >= 11 is 0. The van der Waals surface area contributed by atoms with Crippen LogP contribution in [-0.4, -0.2) is 15.7 Å². The molecule has 1 unspecified atom stereocenters. The summed E-state index contributed by atoms with van der Waals surface area (Å²) in [5, 5.41) is 7.19. The van der Waals surface area contributed by atoms with Crippen LogP contribution < -0.4 is 5.32 Å². The third kappa shape index (κ3) is 2.44. The Hall–Kier alpha value is -2.17. The first-order valence-corrected chi connectivity index (χ1v) is 7.14. The van der Waals surface area contributed by atoms with E-state index in [0.29, 0.717) is 5.56 Å². The second-order valence-electron chi connectivity index (χ2n) is 5.52. The van der Waals surface area contributed by atoms with Crippen molar-refractivity contribution in [2.24, 2.45) is 7.05 Å². The summed E-state index contributed by atoms with van der Waals surface area (Å²) in [6, 6.07) is 4.79. The molecule has 1 amide bonds. The van der Waals surface area contributed by atoms with Crippen LogP contribution in [0.5, 0.6) is 0 Å². The van der Waals surface area contributed by atoms with Gasteiger partial charge in [0.25, 0.3) is 5.91 Å². The summed E-state index contributed by atoms with van der Waals surface area (Å²) in [6.07, 6.45) is 4.62. The van der Waals surface area contributed by atoms with Crippen molar-refractivity contribution in [1.29, 1.82) is 0 Å². The Kier molecular flexibility index (Phi) is 3.49. The molecule has 5 heteroatoms. The van der Waals surface area contributed by atoms with E-state index in [1.54, 1.807) is 25.3 Å². The molecule has 110 valence electrons. The number of hydrogen-bond donors (Lipinski definition) is 1. The number of halogens is 1. The summed E-state index contributed by atoms with van der Waals surface area (Å²) in [4.78, 5) is 12.3. The number of hydrogen-bond acceptors (Lipinski definition) is 2. The van der Waals surface area contributed by atoms with Crippen molar-refractivity contribution in [2.75, 3.05) is 0 Å². The van der Waals surface area contributed by atoms with Gasteiger partial charge in [0, 0.05) is 18.3 Å². The van der Waals surface area contributed by atoms with Crippen molar-refractivity contribution >= 4 is 5.91 Å². The Bertz CT molecular complexity index is 693. The van der Waals surface area contributed by atoms with Crippen LogP contribution in [-0.2, 0) is 13.5 Å². The van der Waals surface area contributed by atoms with Crippen LogP contribution in [0.2, 0.25) is 0 Å². The SMILES string of the molecule is Cc1cccc(C(=O)NC2CCCc3c2cnn3C)c1F. The maximum absolute atomic E-state index is 14.0. The first-order valence-electron chi connectivity index (χ1n) is 7.14. The highest BCUT2D eigenvalue weighted by molar-refractivity contribution is 5.95. The molecule has 4 nitrogen and oxygen atoms in total. The minimum absolute atomic E-state index is 0.0881. The van der Waals surface area contributed by atoms with Crippen molar-refractivity contribution in [1.82, 2.24) is 15.1 Å². The van der Waals surface area contributed by atoms with Gasteiger partial charge in [-0.2, -0.15) is 5.10 Å². The molecule has 0 radical (unpaired) electrons. The fraction of sp³-hybridized carbons (Fsp3) is 0.375. The van der Waals surface area contributed by atoms with Crippen molar-refractivity contribution in [3.05, 3.63) is 52.6 Å². The topological polar surface area (TPSA) is 46.9 Å². The van der Waals surface area contributed by atoms with Gasteiger partial charge in [0.2, 0.25) is 0 Å². The average molecular weight is 287 g/mol. The van der Waals surface area contributed by atoms with Gasteiger partial charge in [-0.3, -0.25) is 9.48 Å². The Morgan fingerprint density at radius 1 is 1.48 bits per heavy atom. The fourth-order valence-electron chi connectivity index (χ4n) is 2.91. The molecule has 2 aromatic rings. The molecule has 0 spiro atoms. The van der Waals surface area contributed by atoms with Gasteiger partial charge < -0.3 is 5.32 Å². The summed E-state index contributed by atoms with van der Waals surface area (Å²) in [6.45, 7) is 1.66. The molecule has 1 aliphatic carbocycles. The lowest BCUT2D eigenvalue weighted by Crippen LogP contribution is -2.31. The number of fused-ring (bicyclic) bond motifs is 1. The number of aromatic nitrogens is 2. The zero-order valence-corrected chi connectivity index (χ0v) is 12.2. The van der Waals surface area contributed by atoms with Crippen LogP contribution in [0.3, 0.4) is 0 Å². The van der Waals surface area contributed by atoms with Crippen LogP contribution in [0.1, 0.15) is 46.1 Å². The molecule has 0 saturated carbocycles. The number of amides is 1. The zero-order valence-electron chi connectivity index (χ0n) is 12.2. The van der Waals surface area contributed by atoms with E-state index in [2.05, 4.69) is 10.4 Å². The number of carbonyl (C=O) groups is 1. The normalized spacial score (nSPS) is 17.4. The first kappa shape index (κ1) is 13.8. The third-order valence-corrected chi connectivity index (χ3v) is 4.12. The van der Waals surface area contributed by atoms with Crippen LogP contribution in [0, 0.1) is 12.7 Å². The molecule has 1 aromatic carbocycles. The molecular weight excluding hydrogens is 269 g/mol.